The number of urea groups is 1. The Kier molecular flexibility index (Phi) is 6.29. The van der Waals surface area contributed by atoms with E-state index in [4.69, 9.17) is 16.3 Å². The molecule has 0 aromatic heterocycles. The minimum absolute atomic E-state index is 0.155. The van der Waals surface area contributed by atoms with Gasteiger partial charge < -0.3 is 15.0 Å². The van der Waals surface area contributed by atoms with Gasteiger partial charge in [0.2, 0.25) is 0 Å². The number of carbonyl (C=O) groups excluding carboxylic acids is 1. The number of ether oxygens (including phenoxy) is 1. The summed E-state index contributed by atoms with van der Waals surface area (Å²) in [7, 11) is 1.74. The van der Waals surface area contributed by atoms with Crippen LogP contribution in [0.1, 0.15) is 11.1 Å². The van der Waals surface area contributed by atoms with Gasteiger partial charge in [0.25, 0.3) is 0 Å². The van der Waals surface area contributed by atoms with Gasteiger partial charge in [0.1, 0.15) is 12.4 Å². The van der Waals surface area contributed by atoms with Crippen LogP contribution in [0, 0.1) is 6.92 Å². The molecule has 122 valence electrons. The molecular weight excluding hydrogens is 312 g/mol. The highest BCUT2D eigenvalue weighted by Gasteiger charge is 2.10. The number of nitrogens with one attached hydrogen (secondary N) is 1. The molecule has 0 bridgehead atoms. The topological polar surface area (TPSA) is 41.6 Å². The van der Waals surface area contributed by atoms with E-state index in [1.54, 1.807) is 11.9 Å². The van der Waals surface area contributed by atoms with Crippen LogP contribution < -0.4 is 10.1 Å². The molecule has 23 heavy (non-hydrogen) atoms. The van der Waals surface area contributed by atoms with Gasteiger partial charge in [-0.1, -0.05) is 41.9 Å². The van der Waals surface area contributed by atoms with Gasteiger partial charge in [-0.2, -0.15) is 0 Å². The van der Waals surface area contributed by atoms with E-state index < -0.39 is 0 Å². The lowest BCUT2D eigenvalue weighted by Crippen LogP contribution is -2.38. The standard InChI is InChI=1S/C18H21ClN2O2/c1-14-6-5-8-16(12-14)23-11-10-20-18(22)21(2)13-15-7-3-4-9-17(15)19/h3-9,12H,10-11,13H2,1-2H3,(H,20,22). The van der Waals surface area contributed by atoms with E-state index >= 15 is 0 Å². The van der Waals surface area contributed by atoms with Crippen molar-refractivity contribution >= 4 is 17.6 Å². The molecule has 2 aromatic carbocycles. The molecule has 1 N–H and O–H groups in total. The summed E-state index contributed by atoms with van der Waals surface area (Å²) in [5.74, 6) is 0.809. The van der Waals surface area contributed by atoms with Gasteiger partial charge in [0, 0.05) is 18.6 Å². The second-order valence-electron chi connectivity index (χ2n) is 5.34. The Balaban J connectivity index is 1.73. The molecule has 5 heteroatoms. The van der Waals surface area contributed by atoms with Gasteiger partial charge in [0.05, 0.1) is 6.54 Å². The number of amides is 2. The first-order chi connectivity index (χ1) is 11.1. The molecule has 0 aliphatic carbocycles. The Labute approximate surface area is 142 Å². The summed E-state index contributed by atoms with van der Waals surface area (Å²) < 4.78 is 5.60. The Morgan fingerprint density at radius 1 is 1.22 bits per heavy atom. The first-order valence-corrected chi connectivity index (χ1v) is 7.86. The maximum Gasteiger partial charge on any atom is 0.317 e. The monoisotopic (exact) mass is 332 g/mol. The molecule has 2 aromatic rings. The lowest BCUT2D eigenvalue weighted by molar-refractivity contribution is 0.203. The van der Waals surface area contributed by atoms with E-state index in [0.717, 1.165) is 16.9 Å². The van der Waals surface area contributed by atoms with Gasteiger partial charge in [-0.3, -0.25) is 0 Å². The van der Waals surface area contributed by atoms with Crippen LogP contribution in [-0.4, -0.2) is 31.1 Å². The third-order valence-electron chi connectivity index (χ3n) is 3.35. The largest absolute Gasteiger partial charge is 0.492 e. The van der Waals surface area contributed by atoms with E-state index in [1.165, 1.54) is 0 Å². The molecule has 2 rings (SSSR count). The first-order valence-electron chi connectivity index (χ1n) is 7.48. The van der Waals surface area contributed by atoms with Gasteiger partial charge in [-0.25, -0.2) is 4.79 Å². The highest BCUT2D eigenvalue weighted by atomic mass is 35.5. The molecule has 0 saturated carbocycles. The Morgan fingerprint density at radius 3 is 2.74 bits per heavy atom. The molecule has 0 spiro atoms. The Bertz CT molecular complexity index is 661. The summed E-state index contributed by atoms with van der Waals surface area (Å²) >= 11 is 6.10. The average molecular weight is 333 g/mol. The number of aryl methyl sites for hydroxylation is 1. The summed E-state index contributed by atoms with van der Waals surface area (Å²) in [5, 5.41) is 3.49. The van der Waals surface area contributed by atoms with Crippen molar-refractivity contribution in [3.63, 3.8) is 0 Å². The molecule has 0 atom stereocenters. The molecule has 0 heterocycles. The molecule has 0 unspecified atom stereocenters. The van der Waals surface area contributed by atoms with Crippen molar-refractivity contribution in [2.75, 3.05) is 20.2 Å². The quantitative estimate of drug-likeness (QED) is 0.816. The molecule has 0 radical (unpaired) electrons. The predicted octanol–water partition coefficient (Wildman–Crippen LogP) is 3.87. The molecule has 0 aliphatic heterocycles. The number of rotatable bonds is 6. The van der Waals surface area contributed by atoms with Crippen molar-refractivity contribution in [1.82, 2.24) is 10.2 Å². The summed E-state index contributed by atoms with van der Waals surface area (Å²) in [5.41, 5.74) is 2.06. The summed E-state index contributed by atoms with van der Waals surface area (Å²) in [6.07, 6.45) is 0. The van der Waals surface area contributed by atoms with Gasteiger partial charge in [-0.05, 0) is 36.2 Å². The third kappa shape index (κ3) is 5.49. The van der Waals surface area contributed by atoms with Gasteiger partial charge >= 0.3 is 6.03 Å². The number of hydrogen-bond acceptors (Lipinski definition) is 2. The number of hydrogen-bond donors (Lipinski definition) is 1. The van der Waals surface area contributed by atoms with Crippen LogP contribution in [0.5, 0.6) is 5.75 Å². The zero-order chi connectivity index (χ0) is 16.7. The number of halogens is 1. The highest BCUT2D eigenvalue weighted by Crippen LogP contribution is 2.16. The zero-order valence-electron chi connectivity index (χ0n) is 13.4. The minimum Gasteiger partial charge on any atom is -0.492 e. The van der Waals surface area contributed by atoms with Crippen molar-refractivity contribution in [1.29, 1.82) is 0 Å². The molecule has 4 nitrogen and oxygen atoms in total. The average Bonchev–Trinajstić information content (AvgIpc) is 2.53. The maximum atomic E-state index is 12.0. The lowest BCUT2D eigenvalue weighted by Gasteiger charge is -2.18. The minimum atomic E-state index is -0.155. The fourth-order valence-corrected chi connectivity index (χ4v) is 2.32. The molecular formula is C18H21ClN2O2. The fraction of sp³-hybridized carbons (Fsp3) is 0.278. The smallest absolute Gasteiger partial charge is 0.317 e. The second kappa shape index (κ2) is 8.44. The summed E-state index contributed by atoms with van der Waals surface area (Å²) in [6.45, 7) is 3.34. The van der Waals surface area contributed by atoms with Crippen molar-refractivity contribution in [2.45, 2.75) is 13.5 Å². The zero-order valence-corrected chi connectivity index (χ0v) is 14.1. The summed E-state index contributed by atoms with van der Waals surface area (Å²) in [4.78, 5) is 13.6. The van der Waals surface area contributed by atoms with E-state index in [9.17, 15) is 4.79 Å². The van der Waals surface area contributed by atoms with E-state index in [0.29, 0.717) is 24.7 Å². The normalized spacial score (nSPS) is 10.2. The van der Waals surface area contributed by atoms with Crippen molar-refractivity contribution < 1.29 is 9.53 Å². The van der Waals surface area contributed by atoms with Crippen LogP contribution in [0.4, 0.5) is 4.79 Å². The van der Waals surface area contributed by atoms with E-state index in [-0.39, 0.29) is 6.03 Å². The lowest BCUT2D eigenvalue weighted by atomic mass is 10.2. The van der Waals surface area contributed by atoms with Crippen LogP contribution in [0.15, 0.2) is 48.5 Å². The fourth-order valence-electron chi connectivity index (χ4n) is 2.12. The van der Waals surface area contributed by atoms with E-state index in [1.807, 2.05) is 55.5 Å². The molecule has 0 fully saturated rings. The van der Waals surface area contributed by atoms with Gasteiger partial charge in [0.15, 0.2) is 0 Å². The van der Waals surface area contributed by atoms with Gasteiger partial charge in [-0.15, -0.1) is 0 Å². The van der Waals surface area contributed by atoms with Crippen LogP contribution in [-0.2, 0) is 6.54 Å². The molecule has 0 saturated heterocycles. The van der Waals surface area contributed by atoms with Crippen LogP contribution >= 0.6 is 11.6 Å². The van der Waals surface area contributed by atoms with Crippen LogP contribution in [0.3, 0.4) is 0 Å². The van der Waals surface area contributed by atoms with Crippen molar-refractivity contribution in [3.05, 3.63) is 64.7 Å². The van der Waals surface area contributed by atoms with Crippen molar-refractivity contribution in [2.24, 2.45) is 0 Å². The third-order valence-corrected chi connectivity index (χ3v) is 3.72. The molecule has 2 amide bonds. The van der Waals surface area contributed by atoms with Crippen LogP contribution in [0.2, 0.25) is 5.02 Å². The maximum absolute atomic E-state index is 12.0. The summed E-state index contributed by atoms with van der Waals surface area (Å²) in [6, 6.07) is 15.2. The second-order valence-corrected chi connectivity index (χ2v) is 5.75. The SMILES string of the molecule is Cc1cccc(OCCNC(=O)N(C)Cc2ccccc2Cl)c1. The Morgan fingerprint density at radius 2 is 2.00 bits per heavy atom. The van der Waals surface area contributed by atoms with Crippen molar-refractivity contribution in [3.8, 4) is 5.75 Å². The highest BCUT2D eigenvalue weighted by molar-refractivity contribution is 6.31. The number of benzene rings is 2. The van der Waals surface area contributed by atoms with Crippen LogP contribution in [0.25, 0.3) is 0 Å². The molecule has 0 aliphatic rings. The van der Waals surface area contributed by atoms with E-state index in [2.05, 4.69) is 5.32 Å². The number of nitrogens with zero attached hydrogens (tertiary/aromatic N) is 1. The number of carbonyl (C=O) groups is 1. The Hall–Kier alpha value is -2.20. The first kappa shape index (κ1) is 17.2. The predicted molar refractivity (Wildman–Crippen MR) is 93.0 cm³/mol.